The van der Waals surface area contributed by atoms with Gasteiger partial charge in [0.1, 0.15) is 11.5 Å². The van der Waals surface area contributed by atoms with Crippen LogP contribution in [0.4, 0.5) is 0 Å². The van der Waals surface area contributed by atoms with Crippen molar-refractivity contribution in [3.05, 3.63) is 36.4 Å². The van der Waals surface area contributed by atoms with Crippen molar-refractivity contribution in [2.75, 3.05) is 13.7 Å². The van der Waals surface area contributed by atoms with Gasteiger partial charge in [0.25, 0.3) is 0 Å². The second kappa shape index (κ2) is 14.8. The molecule has 0 heterocycles. The van der Waals surface area contributed by atoms with Crippen LogP contribution in [0, 0.1) is 0 Å². The molecule has 0 spiro atoms. The topological polar surface area (TPSA) is 61.8 Å². The summed E-state index contributed by atoms with van der Waals surface area (Å²) in [7, 11) is 1.56. The number of methoxy groups -OCH3 is 1. The normalized spacial score (nSPS) is 10.7. The Morgan fingerprint density at radius 3 is 1.89 bits per heavy atom. The summed E-state index contributed by atoms with van der Waals surface area (Å²) < 4.78 is 15.2. The van der Waals surface area contributed by atoms with E-state index in [0.717, 1.165) is 25.0 Å². The van der Waals surface area contributed by atoms with Gasteiger partial charge in [-0.3, -0.25) is 0 Å². The third-order valence-electron chi connectivity index (χ3n) is 4.13. The van der Waals surface area contributed by atoms with Crippen LogP contribution in [0.25, 0.3) is 0 Å². The molecule has 0 N–H and O–H groups in total. The SMILES string of the molecule is CCCCCCCCCCCOC(=O)/C=C/C(=O)Oc1ccc(OC)cc1. The van der Waals surface area contributed by atoms with Crippen LogP contribution in [0.2, 0.25) is 0 Å². The van der Waals surface area contributed by atoms with Crippen molar-refractivity contribution in [1.29, 1.82) is 0 Å². The first-order chi connectivity index (χ1) is 13.2. The summed E-state index contributed by atoms with van der Waals surface area (Å²) >= 11 is 0. The van der Waals surface area contributed by atoms with Crippen LogP contribution in [0.15, 0.2) is 36.4 Å². The van der Waals surface area contributed by atoms with E-state index in [1.165, 1.54) is 44.9 Å². The molecule has 0 fully saturated rings. The van der Waals surface area contributed by atoms with Crippen molar-refractivity contribution in [3.63, 3.8) is 0 Å². The highest BCUT2D eigenvalue weighted by atomic mass is 16.5. The van der Waals surface area contributed by atoms with Crippen LogP contribution in [0.3, 0.4) is 0 Å². The van der Waals surface area contributed by atoms with Gasteiger partial charge in [0, 0.05) is 12.2 Å². The zero-order valence-electron chi connectivity index (χ0n) is 16.6. The van der Waals surface area contributed by atoms with E-state index in [9.17, 15) is 9.59 Å². The predicted octanol–water partition coefficient (Wildman–Crippen LogP) is 5.23. The lowest BCUT2D eigenvalue weighted by molar-refractivity contribution is -0.138. The molecule has 0 amide bonds. The molecule has 5 heteroatoms. The Labute approximate surface area is 162 Å². The van der Waals surface area contributed by atoms with Crippen molar-refractivity contribution in [2.45, 2.75) is 64.7 Å². The number of carbonyl (C=O) groups excluding carboxylic acids is 2. The third-order valence-corrected chi connectivity index (χ3v) is 4.13. The number of esters is 2. The maximum atomic E-state index is 11.7. The fraction of sp³-hybridized carbons (Fsp3) is 0.545. The largest absolute Gasteiger partial charge is 0.497 e. The van der Waals surface area contributed by atoms with E-state index in [1.54, 1.807) is 31.4 Å². The molecule has 0 aliphatic rings. The molecule has 0 aliphatic carbocycles. The van der Waals surface area contributed by atoms with Gasteiger partial charge >= 0.3 is 11.9 Å². The molecule has 0 saturated carbocycles. The Kier molecular flexibility index (Phi) is 12.5. The second-order valence-corrected chi connectivity index (χ2v) is 6.43. The number of hydrogen-bond acceptors (Lipinski definition) is 5. The monoisotopic (exact) mass is 376 g/mol. The van der Waals surface area contributed by atoms with E-state index < -0.39 is 11.9 Å². The molecule has 1 aromatic carbocycles. The van der Waals surface area contributed by atoms with Gasteiger partial charge in [-0.1, -0.05) is 58.3 Å². The van der Waals surface area contributed by atoms with E-state index in [1.807, 2.05) is 0 Å². The van der Waals surface area contributed by atoms with E-state index in [2.05, 4.69) is 6.92 Å². The fourth-order valence-electron chi connectivity index (χ4n) is 2.56. The lowest BCUT2D eigenvalue weighted by Crippen LogP contribution is -2.07. The number of hydrogen-bond donors (Lipinski definition) is 0. The summed E-state index contributed by atoms with van der Waals surface area (Å²) in [6.07, 6.45) is 13.1. The van der Waals surface area contributed by atoms with Gasteiger partial charge in [-0.2, -0.15) is 0 Å². The average Bonchev–Trinajstić information content (AvgIpc) is 2.68. The van der Waals surface area contributed by atoms with Crippen LogP contribution in [-0.4, -0.2) is 25.7 Å². The zero-order chi connectivity index (χ0) is 19.7. The minimum atomic E-state index is -0.625. The number of carbonyl (C=O) groups is 2. The Bertz CT molecular complexity index is 563. The van der Waals surface area contributed by atoms with Crippen LogP contribution < -0.4 is 9.47 Å². The molecule has 0 atom stereocenters. The van der Waals surface area contributed by atoms with Crippen LogP contribution in [0.5, 0.6) is 11.5 Å². The highest BCUT2D eigenvalue weighted by Gasteiger charge is 2.03. The summed E-state index contributed by atoms with van der Waals surface area (Å²) in [5, 5.41) is 0. The fourth-order valence-corrected chi connectivity index (χ4v) is 2.56. The predicted molar refractivity (Wildman–Crippen MR) is 106 cm³/mol. The van der Waals surface area contributed by atoms with E-state index in [-0.39, 0.29) is 0 Å². The lowest BCUT2D eigenvalue weighted by Gasteiger charge is -2.04. The molecule has 0 unspecified atom stereocenters. The quantitative estimate of drug-likeness (QED) is 0.192. The first-order valence-corrected chi connectivity index (χ1v) is 9.86. The molecular formula is C22H32O5. The van der Waals surface area contributed by atoms with E-state index in [0.29, 0.717) is 18.1 Å². The van der Waals surface area contributed by atoms with Gasteiger partial charge in [-0.15, -0.1) is 0 Å². The number of rotatable bonds is 14. The highest BCUT2D eigenvalue weighted by Crippen LogP contribution is 2.17. The van der Waals surface area contributed by atoms with Crippen molar-refractivity contribution in [3.8, 4) is 11.5 Å². The van der Waals surface area contributed by atoms with Gasteiger partial charge in [-0.05, 0) is 30.7 Å². The molecule has 0 aliphatic heterocycles. The molecular weight excluding hydrogens is 344 g/mol. The minimum absolute atomic E-state index is 0.381. The summed E-state index contributed by atoms with van der Waals surface area (Å²) in [5.74, 6) is -0.0969. The van der Waals surface area contributed by atoms with Gasteiger partial charge < -0.3 is 14.2 Å². The second-order valence-electron chi connectivity index (χ2n) is 6.43. The third kappa shape index (κ3) is 11.8. The van der Waals surface area contributed by atoms with Gasteiger partial charge in [0.05, 0.1) is 13.7 Å². The molecule has 1 rings (SSSR count). The maximum absolute atomic E-state index is 11.7. The van der Waals surface area contributed by atoms with Gasteiger partial charge in [0.15, 0.2) is 0 Å². The maximum Gasteiger partial charge on any atom is 0.336 e. The number of unbranched alkanes of at least 4 members (excludes halogenated alkanes) is 8. The van der Waals surface area contributed by atoms with Gasteiger partial charge in [0.2, 0.25) is 0 Å². The molecule has 0 saturated heterocycles. The highest BCUT2D eigenvalue weighted by molar-refractivity contribution is 5.92. The Hall–Kier alpha value is -2.30. The summed E-state index contributed by atoms with van der Waals surface area (Å²) in [6.45, 7) is 2.60. The van der Waals surface area contributed by atoms with E-state index >= 15 is 0 Å². The Morgan fingerprint density at radius 1 is 0.778 bits per heavy atom. The van der Waals surface area contributed by atoms with Crippen molar-refractivity contribution in [2.24, 2.45) is 0 Å². The first-order valence-electron chi connectivity index (χ1n) is 9.86. The standard InChI is InChI=1S/C22H32O5/c1-3-4-5-6-7-8-9-10-11-18-26-21(23)16-17-22(24)27-20-14-12-19(25-2)13-15-20/h12-17H,3-11,18H2,1-2H3/b17-16+. The molecule has 0 radical (unpaired) electrons. The smallest absolute Gasteiger partial charge is 0.336 e. The molecule has 0 bridgehead atoms. The van der Waals surface area contributed by atoms with Crippen LogP contribution >= 0.6 is 0 Å². The Balaban J connectivity index is 2.07. The lowest BCUT2D eigenvalue weighted by atomic mass is 10.1. The summed E-state index contributed by atoms with van der Waals surface area (Å²) in [6, 6.07) is 6.61. The van der Waals surface area contributed by atoms with E-state index in [4.69, 9.17) is 14.2 Å². The molecule has 150 valence electrons. The van der Waals surface area contributed by atoms with Crippen molar-refractivity contribution < 1.29 is 23.8 Å². The zero-order valence-corrected chi connectivity index (χ0v) is 16.6. The number of benzene rings is 1. The number of ether oxygens (including phenoxy) is 3. The summed E-state index contributed by atoms with van der Waals surface area (Å²) in [4.78, 5) is 23.3. The Morgan fingerprint density at radius 2 is 1.30 bits per heavy atom. The first kappa shape index (κ1) is 22.7. The van der Waals surface area contributed by atoms with Crippen LogP contribution in [-0.2, 0) is 14.3 Å². The molecule has 5 nitrogen and oxygen atoms in total. The van der Waals surface area contributed by atoms with Crippen molar-refractivity contribution in [1.82, 2.24) is 0 Å². The van der Waals surface area contributed by atoms with Gasteiger partial charge in [-0.25, -0.2) is 9.59 Å². The average molecular weight is 376 g/mol. The molecule has 27 heavy (non-hydrogen) atoms. The summed E-state index contributed by atoms with van der Waals surface area (Å²) in [5.41, 5.74) is 0. The molecule has 0 aromatic heterocycles. The van der Waals surface area contributed by atoms with Crippen molar-refractivity contribution >= 4 is 11.9 Å². The minimum Gasteiger partial charge on any atom is -0.497 e. The van der Waals surface area contributed by atoms with Crippen LogP contribution in [0.1, 0.15) is 64.7 Å². The molecule has 1 aromatic rings.